The molecular formula is C17H31NO2. The van der Waals surface area contributed by atoms with Crippen molar-refractivity contribution in [2.45, 2.75) is 71.8 Å². The molecule has 1 saturated carbocycles. The van der Waals surface area contributed by atoms with Gasteiger partial charge in [-0.15, -0.1) is 0 Å². The quantitative estimate of drug-likeness (QED) is 0.863. The second-order valence-corrected chi connectivity index (χ2v) is 7.69. The molecule has 0 radical (unpaired) electrons. The van der Waals surface area contributed by atoms with E-state index in [4.69, 9.17) is 0 Å². The Kier molecular flexibility index (Phi) is 5.11. The molecule has 1 aliphatic heterocycles. The van der Waals surface area contributed by atoms with Crippen LogP contribution >= 0.6 is 0 Å². The maximum absolute atomic E-state index is 12.6. The molecule has 0 bridgehead atoms. The van der Waals surface area contributed by atoms with Crippen molar-refractivity contribution in [2.75, 3.05) is 13.1 Å². The van der Waals surface area contributed by atoms with Gasteiger partial charge in [0.05, 0.1) is 6.10 Å². The molecule has 20 heavy (non-hydrogen) atoms. The van der Waals surface area contributed by atoms with Crippen molar-refractivity contribution in [3.05, 3.63) is 0 Å². The van der Waals surface area contributed by atoms with E-state index in [2.05, 4.69) is 20.8 Å². The van der Waals surface area contributed by atoms with Gasteiger partial charge in [-0.1, -0.05) is 52.9 Å². The van der Waals surface area contributed by atoms with E-state index < -0.39 is 0 Å². The van der Waals surface area contributed by atoms with E-state index in [-0.39, 0.29) is 17.4 Å². The van der Waals surface area contributed by atoms with Crippen molar-refractivity contribution in [1.82, 2.24) is 4.90 Å². The Morgan fingerprint density at radius 3 is 2.50 bits per heavy atom. The van der Waals surface area contributed by atoms with E-state index in [1.807, 2.05) is 4.90 Å². The summed E-state index contributed by atoms with van der Waals surface area (Å²) in [7, 11) is 0. The fraction of sp³-hybridized carbons (Fsp3) is 0.941. The first kappa shape index (κ1) is 15.8. The first-order valence-electron chi connectivity index (χ1n) is 8.37. The number of rotatable bonds is 3. The third kappa shape index (κ3) is 3.75. The van der Waals surface area contributed by atoms with Gasteiger partial charge in [-0.3, -0.25) is 4.79 Å². The average Bonchev–Trinajstić information content (AvgIpc) is 2.42. The highest BCUT2D eigenvalue weighted by atomic mass is 16.3. The normalized spacial score (nSPS) is 29.2. The van der Waals surface area contributed by atoms with Gasteiger partial charge in [-0.2, -0.15) is 0 Å². The molecule has 0 unspecified atom stereocenters. The highest BCUT2D eigenvalue weighted by Gasteiger charge is 2.37. The van der Waals surface area contributed by atoms with Crippen LogP contribution in [0.3, 0.4) is 0 Å². The standard InChI is InChI=1S/C17H31NO2/c1-13(11-14-7-5-4-6-8-14)16(20)18-10-9-15(19)17(2,3)12-18/h13-15,19H,4-12H2,1-3H3/t13-,15-/m1/s1. The molecule has 0 spiro atoms. The molecule has 1 saturated heterocycles. The number of carbonyl (C=O) groups is 1. The SMILES string of the molecule is C[C@H](CC1CCCCC1)C(=O)N1CC[C@@H](O)C(C)(C)C1. The van der Waals surface area contributed by atoms with Gasteiger partial charge in [0.15, 0.2) is 0 Å². The van der Waals surface area contributed by atoms with Gasteiger partial charge in [-0.25, -0.2) is 0 Å². The Morgan fingerprint density at radius 1 is 1.25 bits per heavy atom. The van der Waals surface area contributed by atoms with Crippen molar-refractivity contribution in [2.24, 2.45) is 17.3 Å². The molecule has 1 heterocycles. The molecule has 2 fully saturated rings. The number of carbonyl (C=O) groups excluding carboxylic acids is 1. The van der Waals surface area contributed by atoms with Gasteiger partial charge in [0.2, 0.25) is 5.91 Å². The maximum Gasteiger partial charge on any atom is 0.225 e. The van der Waals surface area contributed by atoms with E-state index in [9.17, 15) is 9.90 Å². The summed E-state index contributed by atoms with van der Waals surface area (Å²) in [5, 5.41) is 10.00. The number of nitrogens with zero attached hydrogens (tertiary/aromatic N) is 1. The molecule has 0 aromatic rings. The predicted octanol–water partition coefficient (Wildman–Crippen LogP) is 3.21. The second kappa shape index (κ2) is 6.46. The molecule has 116 valence electrons. The van der Waals surface area contributed by atoms with E-state index in [1.54, 1.807) is 0 Å². The molecular weight excluding hydrogens is 250 g/mol. The number of amides is 1. The van der Waals surface area contributed by atoms with Gasteiger partial charge >= 0.3 is 0 Å². The van der Waals surface area contributed by atoms with Gasteiger partial charge < -0.3 is 10.0 Å². The van der Waals surface area contributed by atoms with Crippen LogP contribution in [0.2, 0.25) is 0 Å². The molecule has 0 aromatic heterocycles. The second-order valence-electron chi connectivity index (χ2n) is 7.69. The zero-order valence-corrected chi connectivity index (χ0v) is 13.4. The van der Waals surface area contributed by atoms with Gasteiger partial charge in [0.1, 0.15) is 0 Å². The van der Waals surface area contributed by atoms with Crippen molar-refractivity contribution >= 4 is 5.91 Å². The summed E-state index contributed by atoms with van der Waals surface area (Å²) in [5.41, 5.74) is -0.168. The first-order chi connectivity index (χ1) is 9.40. The van der Waals surface area contributed by atoms with Crippen molar-refractivity contribution in [1.29, 1.82) is 0 Å². The smallest absolute Gasteiger partial charge is 0.225 e. The third-order valence-corrected chi connectivity index (χ3v) is 5.32. The monoisotopic (exact) mass is 281 g/mol. The summed E-state index contributed by atoms with van der Waals surface area (Å²) < 4.78 is 0. The minimum atomic E-state index is -0.278. The number of hydrogen-bond acceptors (Lipinski definition) is 2. The number of hydrogen-bond donors (Lipinski definition) is 1. The van der Waals surface area contributed by atoms with Crippen LogP contribution in [0.5, 0.6) is 0 Å². The summed E-state index contributed by atoms with van der Waals surface area (Å²) in [6.45, 7) is 7.63. The van der Waals surface area contributed by atoms with E-state index >= 15 is 0 Å². The Morgan fingerprint density at radius 2 is 1.90 bits per heavy atom. The van der Waals surface area contributed by atoms with Gasteiger partial charge in [0.25, 0.3) is 0 Å². The van der Waals surface area contributed by atoms with Crippen molar-refractivity contribution in [3.8, 4) is 0 Å². The van der Waals surface area contributed by atoms with Crippen LogP contribution in [0.15, 0.2) is 0 Å². The van der Waals surface area contributed by atoms with Gasteiger partial charge in [0, 0.05) is 24.4 Å². The number of likely N-dealkylation sites (tertiary alicyclic amines) is 1. The minimum Gasteiger partial charge on any atom is -0.392 e. The summed E-state index contributed by atoms with van der Waals surface area (Å²) >= 11 is 0. The molecule has 1 amide bonds. The number of aliphatic hydroxyl groups is 1. The number of piperidine rings is 1. The van der Waals surface area contributed by atoms with Crippen LogP contribution < -0.4 is 0 Å². The average molecular weight is 281 g/mol. The Balaban J connectivity index is 1.86. The maximum atomic E-state index is 12.6. The molecule has 0 aromatic carbocycles. The Labute approximate surface area is 123 Å². The predicted molar refractivity (Wildman–Crippen MR) is 81.3 cm³/mol. The van der Waals surface area contributed by atoms with Crippen LogP contribution in [-0.4, -0.2) is 35.1 Å². The summed E-state index contributed by atoms with van der Waals surface area (Å²) in [4.78, 5) is 14.6. The Hall–Kier alpha value is -0.570. The lowest BCUT2D eigenvalue weighted by Gasteiger charge is -2.42. The van der Waals surface area contributed by atoms with Crippen LogP contribution in [0.4, 0.5) is 0 Å². The molecule has 1 aliphatic carbocycles. The summed E-state index contributed by atoms with van der Waals surface area (Å²) in [5.74, 6) is 1.20. The largest absolute Gasteiger partial charge is 0.392 e. The highest BCUT2D eigenvalue weighted by Crippen LogP contribution is 2.32. The van der Waals surface area contributed by atoms with Crippen molar-refractivity contribution in [3.63, 3.8) is 0 Å². The van der Waals surface area contributed by atoms with Crippen LogP contribution in [0.25, 0.3) is 0 Å². The lowest BCUT2D eigenvalue weighted by Crippen LogP contribution is -2.52. The van der Waals surface area contributed by atoms with Crippen molar-refractivity contribution < 1.29 is 9.90 Å². The Bertz CT molecular complexity index is 334. The lowest BCUT2D eigenvalue weighted by atomic mass is 9.80. The van der Waals surface area contributed by atoms with E-state index in [1.165, 1.54) is 32.1 Å². The van der Waals surface area contributed by atoms with Crippen LogP contribution in [0.1, 0.15) is 65.7 Å². The number of aliphatic hydroxyl groups excluding tert-OH is 1. The van der Waals surface area contributed by atoms with Crippen LogP contribution in [-0.2, 0) is 4.79 Å². The topological polar surface area (TPSA) is 40.5 Å². The van der Waals surface area contributed by atoms with Gasteiger partial charge in [-0.05, 0) is 18.8 Å². The fourth-order valence-corrected chi connectivity index (χ4v) is 3.87. The van der Waals surface area contributed by atoms with Crippen LogP contribution in [0, 0.1) is 17.3 Å². The van der Waals surface area contributed by atoms with E-state index in [0.29, 0.717) is 12.5 Å². The molecule has 2 atom stereocenters. The fourth-order valence-electron chi connectivity index (χ4n) is 3.87. The molecule has 1 N–H and O–H groups in total. The molecule has 3 nitrogen and oxygen atoms in total. The summed E-state index contributed by atoms with van der Waals surface area (Å²) in [6, 6.07) is 0. The van der Waals surface area contributed by atoms with E-state index in [0.717, 1.165) is 25.3 Å². The third-order valence-electron chi connectivity index (χ3n) is 5.32. The molecule has 3 heteroatoms. The zero-order valence-electron chi connectivity index (χ0n) is 13.4. The minimum absolute atomic E-state index is 0.143. The molecule has 2 aliphatic rings. The highest BCUT2D eigenvalue weighted by molar-refractivity contribution is 5.78. The first-order valence-corrected chi connectivity index (χ1v) is 8.37. The lowest BCUT2D eigenvalue weighted by molar-refractivity contribution is -0.142. The summed E-state index contributed by atoms with van der Waals surface area (Å²) in [6.07, 6.45) is 8.16. The molecule has 2 rings (SSSR count). The zero-order chi connectivity index (χ0) is 14.8.